The minimum absolute atomic E-state index is 0.140. The number of hydrogen-bond donors (Lipinski definition) is 1. The first-order chi connectivity index (χ1) is 6.68. The fourth-order valence-corrected chi connectivity index (χ4v) is 2.25. The van der Waals surface area contributed by atoms with Gasteiger partial charge in [-0.05, 0) is 13.8 Å². The minimum Gasteiger partial charge on any atom is -0.372 e. The van der Waals surface area contributed by atoms with Gasteiger partial charge in [0.2, 0.25) is 0 Å². The molecule has 5 nitrogen and oxygen atoms in total. The van der Waals surface area contributed by atoms with Crippen LogP contribution in [0.1, 0.15) is 19.9 Å². The van der Waals surface area contributed by atoms with Crippen LogP contribution < -0.4 is 5.69 Å². The summed E-state index contributed by atoms with van der Waals surface area (Å²) < 4.78 is 6.75. The van der Waals surface area contributed by atoms with Gasteiger partial charge in [0.05, 0.1) is 12.7 Å². The Balaban J connectivity index is 2.10. The molecule has 1 unspecified atom stereocenters. The molecule has 6 heteroatoms. The monoisotopic (exact) mass is 215 g/mol. The van der Waals surface area contributed by atoms with Gasteiger partial charge in [-0.2, -0.15) is 0 Å². The lowest BCUT2D eigenvalue weighted by atomic mass is 10.4. The highest BCUT2D eigenvalue weighted by atomic mass is 32.2. The molecule has 0 saturated carbocycles. The molecule has 1 saturated heterocycles. The van der Waals surface area contributed by atoms with E-state index < -0.39 is 0 Å². The number of thioether (sulfide) groups is 1. The average molecular weight is 215 g/mol. The van der Waals surface area contributed by atoms with Gasteiger partial charge in [0, 0.05) is 11.8 Å². The molecule has 2 heterocycles. The molecule has 2 rings (SSSR count). The zero-order valence-electron chi connectivity index (χ0n) is 8.19. The van der Waals surface area contributed by atoms with Crippen molar-refractivity contribution in [3.05, 3.63) is 10.5 Å². The van der Waals surface area contributed by atoms with Crippen LogP contribution in [0.3, 0.4) is 0 Å². The summed E-state index contributed by atoms with van der Waals surface area (Å²) in [6.07, 6.45) is 0.354. The van der Waals surface area contributed by atoms with E-state index in [1.54, 1.807) is 16.3 Å². The molecule has 1 atom stereocenters. The van der Waals surface area contributed by atoms with Crippen LogP contribution in [0.5, 0.6) is 0 Å². The highest BCUT2D eigenvalue weighted by molar-refractivity contribution is 7.99. The number of epoxide rings is 1. The zero-order chi connectivity index (χ0) is 10.1. The van der Waals surface area contributed by atoms with Crippen LogP contribution in [0.25, 0.3) is 0 Å². The summed E-state index contributed by atoms with van der Waals surface area (Å²) in [5.41, 5.74) is -0.140. The van der Waals surface area contributed by atoms with Crippen LogP contribution in [0.4, 0.5) is 0 Å². The number of nitrogens with zero attached hydrogens (tertiary/aromatic N) is 2. The second kappa shape index (κ2) is 3.78. The van der Waals surface area contributed by atoms with Gasteiger partial charge in [0.1, 0.15) is 0 Å². The number of aromatic nitrogens is 3. The Morgan fingerprint density at radius 2 is 2.50 bits per heavy atom. The third-order valence-electron chi connectivity index (χ3n) is 1.99. The van der Waals surface area contributed by atoms with Crippen molar-refractivity contribution in [2.24, 2.45) is 0 Å². The normalized spacial score (nSPS) is 20.4. The van der Waals surface area contributed by atoms with Crippen LogP contribution in [-0.2, 0) is 4.74 Å². The van der Waals surface area contributed by atoms with E-state index in [0.717, 1.165) is 17.5 Å². The summed E-state index contributed by atoms with van der Waals surface area (Å²) in [5.74, 6) is 0.872. The van der Waals surface area contributed by atoms with E-state index >= 15 is 0 Å². The summed E-state index contributed by atoms with van der Waals surface area (Å²) in [6, 6.07) is 0.142. The SMILES string of the molecule is CC(C)n1c(SCC2CO2)n[nH]c1=O. The van der Waals surface area contributed by atoms with Crippen molar-refractivity contribution in [1.29, 1.82) is 0 Å². The number of aromatic amines is 1. The van der Waals surface area contributed by atoms with Crippen molar-refractivity contribution < 1.29 is 4.74 Å². The van der Waals surface area contributed by atoms with Gasteiger partial charge >= 0.3 is 5.69 Å². The first kappa shape index (κ1) is 9.79. The Kier molecular flexibility index (Phi) is 2.64. The van der Waals surface area contributed by atoms with Gasteiger partial charge in [-0.25, -0.2) is 9.89 Å². The van der Waals surface area contributed by atoms with Crippen molar-refractivity contribution in [2.75, 3.05) is 12.4 Å². The quantitative estimate of drug-likeness (QED) is 0.591. The van der Waals surface area contributed by atoms with Gasteiger partial charge in [-0.1, -0.05) is 11.8 Å². The third kappa shape index (κ3) is 2.01. The van der Waals surface area contributed by atoms with E-state index in [2.05, 4.69) is 10.2 Å². The molecule has 1 aliphatic rings. The maximum atomic E-state index is 11.3. The van der Waals surface area contributed by atoms with E-state index in [4.69, 9.17) is 4.74 Å². The van der Waals surface area contributed by atoms with Crippen LogP contribution >= 0.6 is 11.8 Å². The smallest absolute Gasteiger partial charge is 0.344 e. The molecular formula is C8H13N3O2S. The first-order valence-corrected chi connectivity index (χ1v) is 5.58. The molecule has 1 N–H and O–H groups in total. The van der Waals surface area contributed by atoms with Gasteiger partial charge in [-0.3, -0.25) is 4.57 Å². The van der Waals surface area contributed by atoms with Crippen molar-refractivity contribution in [3.63, 3.8) is 0 Å². The molecule has 1 aromatic heterocycles. The molecule has 0 aromatic carbocycles. The third-order valence-corrected chi connectivity index (χ3v) is 3.07. The summed E-state index contributed by atoms with van der Waals surface area (Å²) >= 11 is 1.56. The van der Waals surface area contributed by atoms with Gasteiger partial charge in [0.15, 0.2) is 5.16 Å². The molecule has 0 radical (unpaired) electrons. The first-order valence-electron chi connectivity index (χ1n) is 4.60. The number of ether oxygens (including phenoxy) is 1. The Hall–Kier alpha value is -0.750. The molecule has 0 spiro atoms. The predicted octanol–water partition coefficient (Wildman–Crippen LogP) is 0.643. The minimum atomic E-state index is -0.140. The van der Waals surface area contributed by atoms with Crippen LogP contribution in [0.15, 0.2) is 9.95 Å². The van der Waals surface area contributed by atoms with Crippen molar-refractivity contribution >= 4 is 11.8 Å². The molecule has 0 amide bonds. The molecular weight excluding hydrogens is 202 g/mol. The second-order valence-corrected chi connectivity index (χ2v) is 4.53. The van der Waals surface area contributed by atoms with E-state index in [1.807, 2.05) is 13.8 Å². The Bertz CT molecular complexity index is 367. The van der Waals surface area contributed by atoms with Crippen LogP contribution in [-0.4, -0.2) is 33.2 Å². The van der Waals surface area contributed by atoms with Gasteiger partial charge in [0.25, 0.3) is 0 Å². The molecule has 1 aliphatic heterocycles. The fourth-order valence-electron chi connectivity index (χ4n) is 1.18. The van der Waals surface area contributed by atoms with Crippen molar-refractivity contribution in [3.8, 4) is 0 Å². The maximum absolute atomic E-state index is 11.3. The molecule has 1 aromatic rings. The van der Waals surface area contributed by atoms with E-state index in [9.17, 15) is 4.79 Å². The van der Waals surface area contributed by atoms with Gasteiger partial charge in [-0.15, -0.1) is 5.10 Å². The lowest BCUT2D eigenvalue weighted by Gasteiger charge is -2.07. The Morgan fingerprint density at radius 3 is 3.07 bits per heavy atom. The standard InChI is InChI=1S/C8H13N3O2S/c1-5(2)11-7(12)9-10-8(11)14-4-6-3-13-6/h5-6H,3-4H2,1-2H3,(H,9,12). The van der Waals surface area contributed by atoms with Crippen LogP contribution in [0.2, 0.25) is 0 Å². The number of H-pyrrole nitrogens is 1. The highest BCUT2D eigenvalue weighted by Gasteiger charge is 2.24. The molecule has 0 aliphatic carbocycles. The number of rotatable bonds is 4. The molecule has 14 heavy (non-hydrogen) atoms. The van der Waals surface area contributed by atoms with Gasteiger partial charge < -0.3 is 4.74 Å². The molecule has 1 fully saturated rings. The highest BCUT2D eigenvalue weighted by Crippen LogP contribution is 2.22. The summed E-state index contributed by atoms with van der Waals surface area (Å²) in [6.45, 7) is 4.77. The molecule has 0 bridgehead atoms. The lowest BCUT2D eigenvalue weighted by Crippen LogP contribution is -2.19. The Labute approximate surface area is 85.8 Å². The van der Waals surface area contributed by atoms with E-state index in [0.29, 0.717) is 6.10 Å². The zero-order valence-corrected chi connectivity index (χ0v) is 9.00. The largest absolute Gasteiger partial charge is 0.372 e. The second-order valence-electron chi connectivity index (χ2n) is 3.54. The predicted molar refractivity (Wildman–Crippen MR) is 53.7 cm³/mol. The van der Waals surface area contributed by atoms with E-state index in [1.165, 1.54) is 0 Å². The number of hydrogen-bond acceptors (Lipinski definition) is 4. The Morgan fingerprint density at radius 1 is 1.79 bits per heavy atom. The maximum Gasteiger partial charge on any atom is 0.344 e. The summed E-state index contributed by atoms with van der Waals surface area (Å²) in [5, 5.41) is 7.18. The van der Waals surface area contributed by atoms with Crippen molar-refractivity contribution in [1.82, 2.24) is 14.8 Å². The lowest BCUT2D eigenvalue weighted by molar-refractivity contribution is 0.425. The van der Waals surface area contributed by atoms with Crippen molar-refractivity contribution in [2.45, 2.75) is 31.1 Å². The number of nitrogens with one attached hydrogen (secondary N) is 1. The molecule has 78 valence electrons. The van der Waals surface area contributed by atoms with Crippen LogP contribution in [0, 0.1) is 0 Å². The average Bonchev–Trinajstić information content (AvgIpc) is 2.86. The fraction of sp³-hybridized carbons (Fsp3) is 0.750. The van der Waals surface area contributed by atoms with E-state index in [-0.39, 0.29) is 11.7 Å². The summed E-state index contributed by atoms with van der Waals surface area (Å²) in [7, 11) is 0. The topological polar surface area (TPSA) is 63.2 Å². The summed E-state index contributed by atoms with van der Waals surface area (Å²) in [4.78, 5) is 11.3.